The maximum absolute atomic E-state index is 12.2. The van der Waals surface area contributed by atoms with E-state index in [0.717, 1.165) is 4.88 Å². The molecule has 0 radical (unpaired) electrons. The molecule has 0 spiro atoms. The van der Waals surface area contributed by atoms with Gasteiger partial charge in [-0.1, -0.05) is 6.07 Å². The summed E-state index contributed by atoms with van der Waals surface area (Å²) in [5.41, 5.74) is -0.971. The Morgan fingerprint density at radius 1 is 1.45 bits per heavy atom. The molecule has 1 aromatic heterocycles. The highest BCUT2D eigenvalue weighted by Crippen LogP contribution is 2.16. The van der Waals surface area contributed by atoms with Gasteiger partial charge in [0.1, 0.15) is 0 Å². The van der Waals surface area contributed by atoms with Crippen LogP contribution in [0.4, 0.5) is 4.79 Å². The van der Waals surface area contributed by atoms with Gasteiger partial charge in [-0.3, -0.25) is 4.79 Å². The molecule has 2 amide bonds. The highest BCUT2D eigenvalue weighted by Gasteiger charge is 2.28. The largest absolute Gasteiger partial charge is 0.481 e. The molecule has 112 valence electrons. The Labute approximate surface area is 123 Å². The first kappa shape index (κ1) is 16.5. The van der Waals surface area contributed by atoms with E-state index in [1.165, 1.54) is 0 Å². The SMILES string of the molecule is CC(C)N(Cc1cccs1)C(=O)NCC(C)(C)C(=O)O. The predicted molar refractivity (Wildman–Crippen MR) is 79.8 cm³/mol. The first-order chi connectivity index (χ1) is 9.24. The fraction of sp³-hybridized carbons (Fsp3) is 0.571. The standard InChI is InChI=1S/C14H22N2O3S/c1-10(2)16(8-11-6-5-7-20-11)13(19)15-9-14(3,4)12(17)18/h5-7,10H,8-9H2,1-4H3,(H,15,19)(H,17,18). The fourth-order valence-electron chi connectivity index (χ4n) is 1.53. The molecule has 0 fully saturated rings. The third-order valence-electron chi connectivity index (χ3n) is 3.05. The number of nitrogens with one attached hydrogen (secondary N) is 1. The molecule has 1 aromatic rings. The van der Waals surface area contributed by atoms with E-state index >= 15 is 0 Å². The van der Waals surface area contributed by atoms with Gasteiger partial charge in [-0.2, -0.15) is 0 Å². The number of carbonyl (C=O) groups excluding carboxylic acids is 1. The van der Waals surface area contributed by atoms with Crippen molar-refractivity contribution in [3.05, 3.63) is 22.4 Å². The van der Waals surface area contributed by atoms with E-state index in [9.17, 15) is 9.59 Å². The fourth-order valence-corrected chi connectivity index (χ4v) is 2.24. The van der Waals surface area contributed by atoms with Crippen LogP contribution in [-0.2, 0) is 11.3 Å². The van der Waals surface area contributed by atoms with Crippen LogP contribution in [0.3, 0.4) is 0 Å². The van der Waals surface area contributed by atoms with Crippen LogP contribution in [0.1, 0.15) is 32.6 Å². The van der Waals surface area contributed by atoms with Gasteiger partial charge in [0.25, 0.3) is 0 Å². The van der Waals surface area contributed by atoms with E-state index in [-0.39, 0.29) is 18.6 Å². The minimum atomic E-state index is -0.971. The maximum atomic E-state index is 12.2. The molecule has 0 aliphatic heterocycles. The number of nitrogens with zero attached hydrogens (tertiary/aromatic N) is 1. The Balaban J connectivity index is 2.64. The van der Waals surface area contributed by atoms with Crippen molar-refractivity contribution in [3.8, 4) is 0 Å². The first-order valence-electron chi connectivity index (χ1n) is 6.54. The van der Waals surface area contributed by atoms with E-state index in [0.29, 0.717) is 6.54 Å². The highest BCUT2D eigenvalue weighted by atomic mass is 32.1. The lowest BCUT2D eigenvalue weighted by Gasteiger charge is -2.28. The van der Waals surface area contributed by atoms with Crippen LogP contribution in [-0.4, -0.2) is 34.6 Å². The second-order valence-corrected chi connectivity index (χ2v) is 6.68. The minimum absolute atomic E-state index is 0.0463. The van der Waals surface area contributed by atoms with Gasteiger partial charge in [0.2, 0.25) is 0 Å². The summed E-state index contributed by atoms with van der Waals surface area (Å²) in [5, 5.41) is 13.7. The zero-order chi connectivity index (χ0) is 15.3. The zero-order valence-electron chi connectivity index (χ0n) is 12.3. The second kappa shape index (κ2) is 6.74. The van der Waals surface area contributed by atoms with Crippen LogP contribution in [0.5, 0.6) is 0 Å². The summed E-state index contributed by atoms with van der Waals surface area (Å²) in [5.74, 6) is -0.924. The van der Waals surface area contributed by atoms with E-state index in [2.05, 4.69) is 5.32 Å². The molecular weight excluding hydrogens is 276 g/mol. The Hall–Kier alpha value is -1.56. The highest BCUT2D eigenvalue weighted by molar-refractivity contribution is 7.09. The van der Waals surface area contributed by atoms with Crippen LogP contribution in [0, 0.1) is 5.41 Å². The number of hydrogen-bond acceptors (Lipinski definition) is 3. The van der Waals surface area contributed by atoms with Gasteiger partial charge < -0.3 is 15.3 Å². The smallest absolute Gasteiger partial charge is 0.317 e. The molecule has 0 aromatic carbocycles. The van der Waals surface area contributed by atoms with Crippen molar-refractivity contribution in [1.29, 1.82) is 0 Å². The van der Waals surface area contributed by atoms with Gasteiger partial charge in [0.05, 0.1) is 12.0 Å². The van der Waals surface area contributed by atoms with Crippen LogP contribution in [0.2, 0.25) is 0 Å². The summed E-state index contributed by atoms with van der Waals surface area (Å²) < 4.78 is 0. The number of aliphatic carboxylic acids is 1. The molecule has 0 aliphatic rings. The maximum Gasteiger partial charge on any atom is 0.317 e. The topological polar surface area (TPSA) is 69.6 Å². The van der Waals surface area contributed by atoms with Crippen molar-refractivity contribution in [2.75, 3.05) is 6.54 Å². The van der Waals surface area contributed by atoms with Crippen LogP contribution < -0.4 is 5.32 Å². The Morgan fingerprint density at radius 2 is 2.10 bits per heavy atom. The molecule has 0 bridgehead atoms. The summed E-state index contributed by atoms with van der Waals surface area (Å²) in [7, 11) is 0. The Kier molecular flexibility index (Phi) is 5.56. The van der Waals surface area contributed by atoms with Crippen LogP contribution >= 0.6 is 11.3 Å². The van der Waals surface area contributed by atoms with Crippen molar-refractivity contribution in [1.82, 2.24) is 10.2 Å². The zero-order valence-corrected chi connectivity index (χ0v) is 13.2. The number of amides is 2. The van der Waals surface area contributed by atoms with Crippen molar-refractivity contribution in [3.63, 3.8) is 0 Å². The second-order valence-electron chi connectivity index (χ2n) is 5.65. The molecule has 0 unspecified atom stereocenters. The molecule has 0 atom stereocenters. The number of thiophene rings is 1. The van der Waals surface area contributed by atoms with Crippen molar-refractivity contribution in [2.24, 2.45) is 5.41 Å². The molecular formula is C14H22N2O3S. The summed E-state index contributed by atoms with van der Waals surface area (Å²) in [4.78, 5) is 26.0. The lowest BCUT2D eigenvalue weighted by atomic mass is 9.94. The quantitative estimate of drug-likeness (QED) is 0.848. The Bertz CT molecular complexity index is 455. The molecule has 5 nitrogen and oxygen atoms in total. The normalized spacial score (nSPS) is 11.4. The molecule has 1 rings (SSSR count). The van der Waals surface area contributed by atoms with E-state index in [1.54, 1.807) is 30.1 Å². The molecule has 0 saturated carbocycles. The molecule has 1 heterocycles. The molecule has 20 heavy (non-hydrogen) atoms. The lowest BCUT2D eigenvalue weighted by Crippen LogP contribution is -2.47. The van der Waals surface area contributed by atoms with Gasteiger partial charge in [-0.05, 0) is 39.1 Å². The number of hydrogen-bond donors (Lipinski definition) is 2. The van der Waals surface area contributed by atoms with Gasteiger partial charge >= 0.3 is 12.0 Å². The Morgan fingerprint density at radius 3 is 2.55 bits per heavy atom. The summed E-state index contributed by atoms with van der Waals surface area (Å²) >= 11 is 1.60. The predicted octanol–water partition coefficient (Wildman–Crippen LogP) is 2.78. The molecule has 2 N–H and O–H groups in total. The lowest BCUT2D eigenvalue weighted by molar-refractivity contribution is -0.146. The summed E-state index contributed by atoms with van der Waals surface area (Å²) in [6.07, 6.45) is 0. The van der Waals surface area contributed by atoms with Crippen molar-refractivity contribution >= 4 is 23.3 Å². The van der Waals surface area contributed by atoms with Crippen molar-refractivity contribution in [2.45, 2.75) is 40.3 Å². The number of urea groups is 1. The molecule has 0 aliphatic carbocycles. The minimum Gasteiger partial charge on any atom is -0.481 e. The average molecular weight is 298 g/mol. The van der Waals surface area contributed by atoms with E-state index in [1.807, 2.05) is 31.4 Å². The monoisotopic (exact) mass is 298 g/mol. The average Bonchev–Trinajstić information content (AvgIpc) is 2.85. The van der Waals surface area contributed by atoms with Gasteiger partial charge in [-0.25, -0.2) is 4.79 Å². The van der Waals surface area contributed by atoms with E-state index < -0.39 is 11.4 Å². The van der Waals surface area contributed by atoms with Crippen LogP contribution in [0.25, 0.3) is 0 Å². The number of carbonyl (C=O) groups is 2. The number of carboxylic acids is 1. The van der Waals surface area contributed by atoms with Gasteiger partial charge in [0.15, 0.2) is 0 Å². The first-order valence-corrected chi connectivity index (χ1v) is 7.42. The van der Waals surface area contributed by atoms with Crippen molar-refractivity contribution < 1.29 is 14.7 Å². The molecule has 6 heteroatoms. The summed E-state index contributed by atoms with van der Waals surface area (Å²) in [6, 6.07) is 3.74. The summed E-state index contributed by atoms with van der Waals surface area (Å²) in [6.45, 7) is 7.71. The van der Waals surface area contributed by atoms with Crippen LogP contribution in [0.15, 0.2) is 17.5 Å². The van der Waals surface area contributed by atoms with E-state index in [4.69, 9.17) is 5.11 Å². The third kappa shape index (κ3) is 4.52. The molecule has 0 saturated heterocycles. The number of rotatable bonds is 6. The van der Waals surface area contributed by atoms with Gasteiger partial charge in [-0.15, -0.1) is 11.3 Å². The van der Waals surface area contributed by atoms with Gasteiger partial charge in [0, 0.05) is 17.5 Å². The number of carboxylic acid groups (broad SMARTS) is 1. The third-order valence-corrected chi connectivity index (χ3v) is 3.91.